The van der Waals surface area contributed by atoms with Crippen LogP contribution in [0.4, 0.5) is 11.4 Å². The van der Waals surface area contributed by atoms with E-state index in [-0.39, 0.29) is 11.9 Å². The molecule has 5 heteroatoms. The van der Waals surface area contributed by atoms with Crippen molar-refractivity contribution in [1.82, 2.24) is 5.32 Å². The SMILES string of the molecule is Cc1ccc(C(=O)NC(C)c2ccc(N3CCOCC3)cc2)cc1N1CCCC1. The van der Waals surface area contributed by atoms with Crippen molar-refractivity contribution in [2.24, 2.45) is 0 Å². The number of nitrogens with one attached hydrogen (secondary N) is 1. The maximum atomic E-state index is 12.9. The largest absolute Gasteiger partial charge is 0.378 e. The molecule has 0 bridgehead atoms. The third-order valence-electron chi connectivity index (χ3n) is 6.03. The van der Waals surface area contributed by atoms with Gasteiger partial charge in [0.05, 0.1) is 19.3 Å². The minimum absolute atomic E-state index is 0.0183. The molecule has 2 aliphatic rings. The summed E-state index contributed by atoms with van der Waals surface area (Å²) in [5, 5.41) is 3.16. The van der Waals surface area contributed by atoms with Gasteiger partial charge >= 0.3 is 0 Å². The summed E-state index contributed by atoms with van der Waals surface area (Å²) < 4.78 is 5.42. The molecule has 29 heavy (non-hydrogen) atoms. The van der Waals surface area contributed by atoms with E-state index in [1.807, 2.05) is 19.1 Å². The number of amides is 1. The van der Waals surface area contributed by atoms with E-state index in [1.165, 1.54) is 29.8 Å². The van der Waals surface area contributed by atoms with Crippen molar-refractivity contribution in [3.8, 4) is 0 Å². The van der Waals surface area contributed by atoms with E-state index in [0.29, 0.717) is 0 Å². The fourth-order valence-corrected chi connectivity index (χ4v) is 4.21. The van der Waals surface area contributed by atoms with Crippen molar-refractivity contribution in [2.45, 2.75) is 32.7 Å². The van der Waals surface area contributed by atoms with E-state index in [2.05, 4.69) is 52.4 Å². The summed E-state index contributed by atoms with van der Waals surface area (Å²) >= 11 is 0. The van der Waals surface area contributed by atoms with Crippen molar-refractivity contribution in [1.29, 1.82) is 0 Å². The smallest absolute Gasteiger partial charge is 0.251 e. The first-order chi connectivity index (χ1) is 14.1. The Hall–Kier alpha value is -2.53. The number of rotatable bonds is 5. The molecule has 2 aromatic rings. The average molecular weight is 394 g/mol. The van der Waals surface area contributed by atoms with Crippen LogP contribution >= 0.6 is 0 Å². The number of morpholine rings is 1. The van der Waals surface area contributed by atoms with E-state index in [9.17, 15) is 4.79 Å². The second kappa shape index (κ2) is 8.87. The molecule has 1 unspecified atom stereocenters. The fourth-order valence-electron chi connectivity index (χ4n) is 4.21. The number of anilines is 2. The molecule has 1 atom stereocenters. The normalized spacial score (nSPS) is 18.0. The molecular formula is C24H31N3O2. The van der Waals surface area contributed by atoms with Gasteiger partial charge in [0.1, 0.15) is 0 Å². The van der Waals surface area contributed by atoms with Crippen LogP contribution in [0.2, 0.25) is 0 Å². The number of benzene rings is 2. The molecule has 2 aromatic carbocycles. The molecule has 0 aromatic heterocycles. The van der Waals surface area contributed by atoms with E-state index in [1.54, 1.807) is 0 Å². The number of hydrogen-bond donors (Lipinski definition) is 1. The number of aryl methyl sites for hydroxylation is 1. The van der Waals surface area contributed by atoms with Gasteiger partial charge in [0.2, 0.25) is 0 Å². The highest BCUT2D eigenvalue weighted by molar-refractivity contribution is 5.95. The quantitative estimate of drug-likeness (QED) is 0.836. The third-order valence-corrected chi connectivity index (χ3v) is 6.03. The Bertz CT molecular complexity index is 838. The van der Waals surface area contributed by atoms with Gasteiger partial charge < -0.3 is 19.9 Å². The zero-order valence-corrected chi connectivity index (χ0v) is 17.5. The predicted octanol–water partition coefficient (Wildman–Crippen LogP) is 3.92. The molecule has 2 saturated heterocycles. The Labute approximate surface area is 173 Å². The first-order valence-corrected chi connectivity index (χ1v) is 10.7. The molecule has 2 heterocycles. The lowest BCUT2D eigenvalue weighted by molar-refractivity contribution is 0.0940. The molecule has 0 spiro atoms. The standard InChI is InChI=1S/C24H31N3O2/c1-18-5-6-21(17-23(18)27-11-3-4-12-27)24(28)25-19(2)20-7-9-22(10-8-20)26-13-15-29-16-14-26/h5-10,17,19H,3-4,11-16H2,1-2H3,(H,25,28). The highest BCUT2D eigenvalue weighted by Crippen LogP contribution is 2.26. The summed E-state index contributed by atoms with van der Waals surface area (Å²) in [5.74, 6) is -0.0183. The Balaban J connectivity index is 1.42. The minimum Gasteiger partial charge on any atom is -0.378 e. The molecule has 2 fully saturated rings. The van der Waals surface area contributed by atoms with Gasteiger partial charge in [0, 0.05) is 43.1 Å². The Morgan fingerprint density at radius 1 is 0.966 bits per heavy atom. The fraction of sp³-hybridized carbons (Fsp3) is 0.458. The van der Waals surface area contributed by atoms with Gasteiger partial charge in [0.15, 0.2) is 0 Å². The van der Waals surface area contributed by atoms with Crippen molar-refractivity contribution < 1.29 is 9.53 Å². The molecule has 2 aliphatic heterocycles. The summed E-state index contributed by atoms with van der Waals surface area (Å²) in [7, 11) is 0. The molecule has 4 rings (SSSR count). The molecule has 5 nitrogen and oxygen atoms in total. The molecule has 1 N–H and O–H groups in total. The van der Waals surface area contributed by atoms with Crippen molar-refractivity contribution in [3.63, 3.8) is 0 Å². The number of hydrogen-bond acceptors (Lipinski definition) is 4. The topological polar surface area (TPSA) is 44.8 Å². The maximum Gasteiger partial charge on any atom is 0.251 e. The van der Waals surface area contributed by atoms with Gasteiger partial charge in [-0.2, -0.15) is 0 Å². The molecule has 1 amide bonds. The second-order valence-electron chi connectivity index (χ2n) is 8.08. The zero-order chi connectivity index (χ0) is 20.2. The van der Waals surface area contributed by atoms with E-state index < -0.39 is 0 Å². The predicted molar refractivity (Wildman–Crippen MR) is 118 cm³/mol. The monoisotopic (exact) mass is 393 g/mol. The lowest BCUT2D eigenvalue weighted by Gasteiger charge is -2.29. The van der Waals surface area contributed by atoms with Crippen molar-refractivity contribution >= 4 is 17.3 Å². The number of carbonyl (C=O) groups excluding carboxylic acids is 1. The molecule has 0 radical (unpaired) electrons. The lowest BCUT2D eigenvalue weighted by atomic mass is 10.1. The highest BCUT2D eigenvalue weighted by atomic mass is 16.5. The van der Waals surface area contributed by atoms with Crippen LogP contribution in [-0.4, -0.2) is 45.3 Å². The first-order valence-electron chi connectivity index (χ1n) is 10.7. The highest BCUT2D eigenvalue weighted by Gasteiger charge is 2.18. The minimum atomic E-state index is -0.0437. The molecule has 154 valence electrons. The molecular weight excluding hydrogens is 362 g/mol. The lowest BCUT2D eigenvalue weighted by Crippen LogP contribution is -2.36. The van der Waals surface area contributed by atoms with E-state index in [0.717, 1.165) is 50.5 Å². The van der Waals surface area contributed by atoms with Gasteiger partial charge in [-0.25, -0.2) is 0 Å². The van der Waals surface area contributed by atoms with Crippen LogP contribution in [0.5, 0.6) is 0 Å². The van der Waals surface area contributed by atoms with Crippen LogP contribution in [0.3, 0.4) is 0 Å². The Morgan fingerprint density at radius 3 is 2.34 bits per heavy atom. The van der Waals surface area contributed by atoms with Crippen LogP contribution < -0.4 is 15.1 Å². The average Bonchev–Trinajstić information content (AvgIpc) is 3.29. The third kappa shape index (κ3) is 4.56. The van der Waals surface area contributed by atoms with E-state index >= 15 is 0 Å². The zero-order valence-electron chi connectivity index (χ0n) is 17.5. The van der Waals surface area contributed by atoms with Gasteiger partial charge in [-0.05, 0) is 62.1 Å². The summed E-state index contributed by atoms with van der Waals surface area (Å²) in [6, 6.07) is 14.5. The molecule has 0 saturated carbocycles. The van der Waals surface area contributed by atoms with Crippen LogP contribution in [0.1, 0.15) is 47.3 Å². The Kier molecular flexibility index (Phi) is 6.05. The summed E-state index contributed by atoms with van der Waals surface area (Å²) in [6.45, 7) is 9.74. The summed E-state index contributed by atoms with van der Waals surface area (Å²) in [6.07, 6.45) is 2.46. The van der Waals surface area contributed by atoms with Crippen LogP contribution in [0.15, 0.2) is 42.5 Å². The van der Waals surface area contributed by atoms with Gasteiger partial charge in [0.25, 0.3) is 5.91 Å². The summed E-state index contributed by atoms with van der Waals surface area (Å²) in [5.41, 5.74) is 5.48. The number of ether oxygens (including phenoxy) is 1. The van der Waals surface area contributed by atoms with Gasteiger partial charge in [-0.3, -0.25) is 4.79 Å². The molecule has 0 aliphatic carbocycles. The van der Waals surface area contributed by atoms with Gasteiger partial charge in [-0.1, -0.05) is 18.2 Å². The second-order valence-corrected chi connectivity index (χ2v) is 8.08. The number of nitrogens with zero attached hydrogens (tertiary/aromatic N) is 2. The van der Waals surface area contributed by atoms with Crippen molar-refractivity contribution in [3.05, 3.63) is 59.2 Å². The summed E-state index contributed by atoms with van der Waals surface area (Å²) in [4.78, 5) is 17.6. The number of carbonyl (C=O) groups is 1. The van der Waals surface area contributed by atoms with Crippen LogP contribution in [-0.2, 0) is 4.74 Å². The maximum absolute atomic E-state index is 12.9. The van der Waals surface area contributed by atoms with Gasteiger partial charge in [-0.15, -0.1) is 0 Å². The van der Waals surface area contributed by atoms with E-state index in [4.69, 9.17) is 4.74 Å². The van der Waals surface area contributed by atoms with Crippen molar-refractivity contribution in [2.75, 3.05) is 49.2 Å². The van der Waals surface area contributed by atoms with Crippen LogP contribution in [0, 0.1) is 6.92 Å². The first kappa shape index (κ1) is 19.8. The Morgan fingerprint density at radius 2 is 1.66 bits per heavy atom. The van der Waals surface area contributed by atoms with Crippen LogP contribution in [0.25, 0.3) is 0 Å².